The van der Waals surface area contributed by atoms with E-state index in [0.29, 0.717) is 23.2 Å². The van der Waals surface area contributed by atoms with E-state index >= 15 is 0 Å². The number of nitrogens with zero attached hydrogens (tertiary/aromatic N) is 3. The number of fused-ring (bicyclic) bond motifs is 1. The molecule has 3 amide bonds. The van der Waals surface area contributed by atoms with Crippen LogP contribution in [0.4, 0.5) is 5.13 Å². The van der Waals surface area contributed by atoms with Crippen LogP contribution < -0.4 is 5.32 Å². The lowest BCUT2D eigenvalue weighted by Crippen LogP contribution is -2.34. The Balaban J connectivity index is 1.51. The molecule has 134 valence electrons. The van der Waals surface area contributed by atoms with Crippen LogP contribution in [0.15, 0.2) is 16.5 Å². The monoisotopic (exact) mass is 380 g/mol. The van der Waals surface area contributed by atoms with Crippen molar-refractivity contribution in [1.29, 1.82) is 0 Å². The minimum absolute atomic E-state index is 0.0661. The zero-order chi connectivity index (χ0) is 18.0. The van der Waals surface area contributed by atoms with Crippen LogP contribution in [0.25, 0.3) is 0 Å². The van der Waals surface area contributed by atoms with Gasteiger partial charge in [-0.1, -0.05) is 49.1 Å². The summed E-state index contributed by atoms with van der Waals surface area (Å²) >= 11 is 2.90. The van der Waals surface area contributed by atoms with Crippen LogP contribution in [0.3, 0.4) is 0 Å². The van der Waals surface area contributed by atoms with Gasteiger partial charge in [-0.2, -0.15) is 0 Å². The maximum atomic E-state index is 12.3. The zero-order valence-corrected chi connectivity index (χ0v) is 15.7. The zero-order valence-electron chi connectivity index (χ0n) is 14.1. The van der Waals surface area contributed by atoms with Crippen LogP contribution in [0, 0.1) is 11.8 Å². The topological polar surface area (TPSA) is 92.3 Å². The second-order valence-corrected chi connectivity index (χ2v) is 9.12. The smallest absolute Gasteiger partial charge is 0.233 e. The summed E-state index contributed by atoms with van der Waals surface area (Å²) in [5.74, 6) is -1.08. The Bertz CT molecular complexity index is 690. The number of carbonyl (C=O) groups excluding carboxylic acids is 3. The molecule has 2 heterocycles. The average molecular weight is 380 g/mol. The van der Waals surface area contributed by atoms with Gasteiger partial charge in [-0.3, -0.25) is 19.3 Å². The van der Waals surface area contributed by atoms with Gasteiger partial charge in [0.2, 0.25) is 22.9 Å². The average Bonchev–Trinajstić information content (AvgIpc) is 3.09. The van der Waals surface area contributed by atoms with Gasteiger partial charge in [-0.15, -0.1) is 10.2 Å². The molecule has 1 saturated heterocycles. The number of amides is 3. The molecule has 25 heavy (non-hydrogen) atoms. The number of nitrogens with one attached hydrogen (secondary N) is 1. The summed E-state index contributed by atoms with van der Waals surface area (Å²) in [6.45, 7) is 4.23. The Hall–Kier alpha value is -1.74. The Labute approximate surface area is 154 Å². The fourth-order valence-electron chi connectivity index (χ4n) is 2.99. The maximum Gasteiger partial charge on any atom is 0.233 e. The molecule has 1 aromatic heterocycles. The largest absolute Gasteiger partial charge is 0.300 e. The van der Waals surface area contributed by atoms with E-state index in [4.69, 9.17) is 0 Å². The minimum atomic E-state index is -0.272. The van der Waals surface area contributed by atoms with Crippen molar-refractivity contribution < 1.29 is 14.4 Å². The van der Waals surface area contributed by atoms with Crippen molar-refractivity contribution in [3.8, 4) is 0 Å². The molecule has 9 heteroatoms. The van der Waals surface area contributed by atoms with Gasteiger partial charge in [-0.25, -0.2) is 0 Å². The van der Waals surface area contributed by atoms with Crippen LogP contribution in [0.1, 0.15) is 33.1 Å². The van der Waals surface area contributed by atoms with Gasteiger partial charge in [0.25, 0.3) is 0 Å². The molecule has 1 aliphatic carbocycles. The normalized spacial score (nSPS) is 22.6. The van der Waals surface area contributed by atoms with Gasteiger partial charge in [0.1, 0.15) is 0 Å². The number of anilines is 1. The van der Waals surface area contributed by atoms with E-state index < -0.39 is 0 Å². The third-order valence-corrected chi connectivity index (χ3v) is 6.08. The number of likely N-dealkylation sites (tertiary alicyclic amines) is 1. The maximum absolute atomic E-state index is 12.3. The highest BCUT2D eigenvalue weighted by Crippen LogP contribution is 2.35. The first-order valence-electron chi connectivity index (χ1n) is 8.26. The first-order chi connectivity index (χ1) is 12.0. The summed E-state index contributed by atoms with van der Waals surface area (Å²) in [6, 6.07) is 0. The van der Waals surface area contributed by atoms with Crippen molar-refractivity contribution >= 4 is 46.0 Å². The molecular formula is C16H20N4O3S2. The van der Waals surface area contributed by atoms with E-state index in [0.717, 1.165) is 4.34 Å². The van der Waals surface area contributed by atoms with Crippen molar-refractivity contribution in [3.63, 3.8) is 0 Å². The molecule has 1 fully saturated rings. The van der Waals surface area contributed by atoms with E-state index in [9.17, 15) is 14.4 Å². The number of imide groups is 1. The van der Waals surface area contributed by atoms with E-state index in [-0.39, 0.29) is 42.5 Å². The van der Waals surface area contributed by atoms with Gasteiger partial charge in [-0.05, 0) is 12.8 Å². The van der Waals surface area contributed by atoms with Crippen molar-refractivity contribution in [1.82, 2.24) is 15.1 Å². The number of hydrogen-bond acceptors (Lipinski definition) is 7. The quantitative estimate of drug-likeness (QED) is 0.352. The first kappa shape index (κ1) is 18.1. The Morgan fingerprint density at radius 2 is 1.92 bits per heavy atom. The molecule has 0 saturated carbocycles. The lowest BCUT2D eigenvalue weighted by Gasteiger charge is -2.14. The molecule has 7 nitrogen and oxygen atoms in total. The third-order valence-electron chi connectivity index (χ3n) is 4.15. The number of hydrogen-bond donors (Lipinski definition) is 1. The van der Waals surface area contributed by atoms with E-state index in [1.165, 1.54) is 16.2 Å². The molecule has 1 aliphatic heterocycles. The Morgan fingerprint density at radius 3 is 2.52 bits per heavy atom. The van der Waals surface area contributed by atoms with Crippen LogP contribution in [-0.2, 0) is 14.4 Å². The predicted octanol–water partition coefficient (Wildman–Crippen LogP) is 2.32. The number of aromatic nitrogens is 2. The van der Waals surface area contributed by atoms with Crippen molar-refractivity contribution in [2.45, 2.75) is 42.7 Å². The molecule has 2 aliphatic rings. The van der Waals surface area contributed by atoms with Crippen LogP contribution >= 0.6 is 23.1 Å². The highest BCUT2D eigenvalue weighted by Gasteiger charge is 2.46. The molecule has 2 atom stereocenters. The van der Waals surface area contributed by atoms with Gasteiger partial charge in [0.05, 0.1) is 11.8 Å². The van der Waals surface area contributed by atoms with Gasteiger partial charge in [0.15, 0.2) is 4.34 Å². The standard InChI is InChI=1S/C16H20N4O3S2/c1-9(2)24-16-19-18-15(25-16)17-12(21)7-8-20-13(22)10-5-3-4-6-11(10)14(20)23/h3-4,9-11H,5-8H2,1-2H3,(H,17,18,21)/t10-,11+. The highest BCUT2D eigenvalue weighted by atomic mass is 32.2. The van der Waals surface area contributed by atoms with Crippen molar-refractivity contribution in [2.75, 3.05) is 11.9 Å². The minimum Gasteiger partial charge on any atom is -0.300 e. The van der Waals surface area contributed by atoms with Crippen LogP contribution in [0.2, 0.25) is 0 Å². The molecule has 0 radical (unpaired) electrons. The number of allylic oxidation sites excluding steroid dienone is 2. The fraction of sp³-hybridized carbons (Fsp3) is 0.562. The third kappa shape index (κ3) is 4.09. The Morgan fingerprint density at radius 1 is 1.28 bits per heavy atom. The van der Waals surface area contributed by atoms with Crippen molar-refractivity contribution in [3.05, 3.63) is 12.2 Å². The highest BCUT2D eigenvalue weighted by molar-refractivity contribution is 8.01. The van der Waals surface area contributed by atoms with E-state index in [1.807, 2.05) is 12.2 Å². The summed E-state index contributed by atoms with van der Waals surface area (Å²) in [5.41, 5.74) is 0. The van der Waals surface area contributed by atoms with Crippen molar-refractivity contribution in [2.24, 2.45) is 11.8 Å². The Kier molecular flexibility index (Phi) is 5.53. The summed E-state index contributed by atoms with van der Waals surface area (Å²) in [7, 11) is 0. The molecule has 0 unspecified atom stereocenters. The molecular weight excluding hydrogens is 360 g/mol. The lowest BCUT2D eigenvalue weighted by atomic mass is 9.85. The summed E-state index contributed by atoms with van der Waals surface area (Å²) in [4.78, 5) is 38.0. The summed E-state index contributed by atoms with van der Waals surface area (Å²) < 4.78 is 0.798. The second-order valence-electron chi connectivity index (χ2n) is 6.32. The molecule has 3 rings (SSSR count). The summed E-state index contributed by atoms with van der Waals surface area (Å²) in [6.07, 6.45) is 5.18. The fourth-order valence-corrected chi connectivity index (χ4v) is 4.99. The number of carbonyl (C=O) groups is 3. The molecule has 1 N–H and O–H groups in total. The van der Waals surface area contributed by atoms with E-state index in [2.05, 4.69) is 29.4 Å². The SMILES string of the molecule is CC(C)Sc1nnc(NC(=O)CCN2C(=O)[C@H]3CC=CC[C@H]3C2=O)s1. The lowest BCUT2D eigenvalue weighted by molar-refractivity contribution is -0.140. The van der Waals surface area contributed by atoms with Crippen LogP contribution in [0.5, 0.6) is 0 Å². The summed E-state index contributed by atoms with van der Waals surface area (Å²) in [5, 5.41) is 11.5. The first-order valence-corrected chi connectivity index (χ1v) is 9.95. The second kappa shape index (κ2) is 7.65. The van der Waals surface area contributed by atoms with Gasteiger partial charge in [0, 0.05) is 18.2 Å². The number of rotatable bonds is 6. The molecule has 0 spiro atoms. The molecule has 0 aromatic carbocycles. The molecule has 0 bridgehead atoms. The van der Waals surface area contributed by atoms with Gasteiger partial charge >= 0.3 is 0 Å². The predicted molar refractivity (Wildman–Crippen MR) is 96.2 cm³/mol. The molecule has 1 aromatic rings. The van der Waals surface area contributed by atoms with Crippen LogP contribution in [-0.4, -0.2) is 44.6 Å². The van der Waals surface area contributed by atoms with Gasteiger partial charge < -0.3 is 5.32 Å². The number of thioether (sulfide) groups is 1. The van der Waals surface area contributed by atoms with E-state index in [1.54, 1.807) is 11.8 Å².